The van der Waals surface area contributed by atoms with Crippen LogP contribution in [0.5, 0.6) is 0 Å². The van der Waals surface area contributed by atoms with Crippen molar-refractivity contribution in [2.75, 3.05) is 0 Å². The summed E-state index contributed by atoms with van der Waals surface area (Å²) >= 11 is 0. The average Bonchev–Trinajstić information content (AvgIpc) is 2.79. The van der Waals surface area contributed by atoms with Crippen LogP contribution in [0.1, 0.15) is 45.5 Å². The summed E-state index contributed by atoms with van der Waals surface area (Å²) in [6.07, 6.45) is -0.247. The van der Waals surface area contributed by atoms with Crippen LogP contribution in [0.25, 0.3) is 0 Å². The molecular formula is C27H24O4. The van der Waals surface area contributed by atoms with Crippen LogP contribution in [0.4, 0.5) is 0 Å². The van der Waals surface area contributed by atoms with Gasteiger partial charge < -0.3 is 5.11 Å². The number of aliphatic hydroxyl groups is 1. The molecular weight excluding hydrogens is 388 g/mol. The number of benzene rings is 3. The number of carbonyl (C=O) groups excluding carboxylic acids is 3. The fourth-order valence-corrected chi connectivity index (χ4v) is 4.73. The summed E-state index contributed by atoms with van der Waals surface area (Å²) in [5.41, 5.74) is 0.000395. The average molecular weight is 412 g/mol. The number of rotatable bonds is 5. The van der Waals surface area contributed by atoms with Crippen LogP contribution in [0.2, 0.25) is 0 Å². The molecule has 3 aromatic rings. The Kier molecular flexibility index (Phi) is 5.66. The second-order valence-corrected chi connectivity index (χ2v) is 8.35. The molecule has 1 saturated carbocycles. The Morgan fingerprint density at radius 2 is 1.23 bits per heavy atom. The molecule has 156 valence electrons. The number of ketones is 3. The zero-order valence-electron chi connectivity index (χ0n) is 17.3. The predicted molar refractivity (Wildman–Crippen MR) is 118 cm³/mol. The van der Waals surface area contributed by atoms with Gasteiger partial charge in [0.1, 0.15) is 5.78 Å². The quantitative estimate of drug-likeness (QED) is 0.495. The van der Waals surface area contributed by atoms with Crippen LogP contribution in [0.15, 0.2) is 91.0 Å². The van der Waals surface area contributed by atoms with Gasteiger partial charge in [0.25, 0.3) is 0 Å². The Morgan fingerprint density at radius 3 is 1.74 bits per heavy atom. The Morgan fingerprint density at radius 1 is 0.774 bits per heavy atom. The van der Waals surface area contributed by atoms with E-state index in [0.717, 1.165) is 0 Å². The van der Waals surface area contributed by atoms with Crippen molar-refractivity contribution in [3.05, 3.63) is 108 Å². The van der Waals surface area contributed by atoms with Crippen LogP contribution >= 0.6 is 0 Å². The molecule has 1 N–H and O–H groups in total. The predicted octanol–water partition coefficient (Wildman–Crippen LogP) is 4.49. The molecule has 0 aliphatic heterocycles. The van der Waals surface area contributed by atoms with Crippen LogP contribution in [-0.2, 0) is 4.79 Å². The molecule has 0 unspecified atom stereocenters. The fraction of sp³-hybridized carbons (Fsp3) is 0.222. The van der Waals surface area contributed by atoms with Crippen LogP contribution in [0.3, 0.4) is 0 Å². The summed E-state index contributed by atoms with van der Waals surface area (Å²) in [6.45, 7) is 1.52. The molecule has 0 saturated heterocycles. The molecule has 0 radical (unpaired) electrons. The van der Waals surface area contributed by atoms with Crippen molar-refractivity contribution in [3.63, 3.8) is 0 Å². The van der Waals surface area contributed by atoms with Gasteiger partial charge in [-0.05, 0) is 12.5 Å². The molecule has 1 aliphatic carbocycles. The minimum atomic E-state index is -1.57. The van der Waals surface area contributed by atoms with E-state index in [1.54, 1.807) is 54.6 Å². The Bertz CT molecular complexity index is 1090. The highest BCUT2D eigenvalue weighted by molar-refractivity contribution is 6.13. The lowest BCUT2D eigenvalue weighted by Crippen LogP contribution is -2.54. The third-order valence-corrected chi connectivity index (χ3v) is 6.13. The first kappa shape index (κ1) is 20.9. The largest absolute Gasteiger partial charge is 0.389 e. The number of Topliss-reactive ketones (excluding diaryl/α,β-unsaturated/α-hetero) is 3. The van der Waals surface area contributed by atoms with Gasteiger partial charge in [0.2, 0.25) is 0 Å². The summed E-state index contributed by atoms with van der Waals surface area (Å²) in [4.78, 5) is 40.3. The zero-order chi connectivity index (χ0) is 22.0. The summed E-state index contributed by atoms with van der Waals surface area (Å²) < 4.78 is 0. The maximum Gasteiger partial charge on any atom is 0.173 e. The van der Waals surface area contributed by atoms with Crippen molar-refractivity contribution in [3.8, 4) is 0 Å². The van der Waals surface area contributed by atoms with Crippen LogP contribution in [-0.4, -0.2) is 28.1 Å². The lowest BCUT2D eigenvalue weighted by Gasteiger charge is -2.45. The van der Waals surface area contributed by atoms with Crippen molar-refractivity contribution >= 4 is 17.3 Å². The Balaban J connectivity index is 1.87. The minimum Gasteiger partial charge on any atom is -0.389 e. The zero-order valence-corrected chi connectivity index (χ0v) is 17.3. The maximum atomic E-state index is 13.6. The van der Waals surface area contributed by atoms with E-state index < -0.39 is 23.4 Å². The number of hydrogen-bond acceptors (Lipinski definition) is 4. The molecule has 0 aromatic heterocycles. The van der Waals surface area contributed by atoms with Crippen molar-refractivity contribution in [2.24, 2.45) is 11.8 Å². The summed E-state index contributed by atoms with van der Waals surface area (Å²) in [5.74, 6) is -3.67. The van der Waals surface area contributed by atoms with E-state index in [1.165, 1.54) is 6.92 Å². The van der Waals surface area contributed by atoms with Gasteiger partial charge in [0, 0.05) is 23.5 Å². The molecule has 0 amide bonds. The Hall–Kier alpha value is -3.37. The number of carbonyl (C=O) groups is 3. The molecule has 4 nitrogen and oxygen atoms in total. The van der Waals surface area contributed by atoms with E-state index in [1.807, 2.05) is 36.4 Å². The van der Waals surface area contributed by atoms with Gasteiger partial charge >= 0.3 is 0 Å². The molecule has 0 heterocycles. The van der Waals surface area contributed by atoms with Gasteiger partial charge in [-0.1, -0.05) is 91.0 Å². The SMILES string of the molecule is C[C@@]1(O)CC(=O)[C@H](C(=O)c2ccccc2)[C@H](c2ccccc2)[C@@H]1C(=O)c1ccccc1. The van der Waals surface area contributed by atoms with Crippen LogP contribution in [0, 0.1) is 11.8 Å². The molecule has 3 aromatic carbocycles. The summed E-state index contributed by atoms with van der Waals surface area (Å²) in [7, 11) is 0. The molecule has 0 bridgehead atoms. The first-order chi connectivity index (χ1) is 14.9. The Labute approximate surface area is 181 Å². The molecule has 0 spiro atoms. The third-order valence-electron chi connectivity index (χ3n) is 6.13. The first-order valence-electron chi connectivity index (χ1n) is 10.4. The van der Waals surface area contributed by atoms with Crippen molar-refractivity contribution in [1.29, 1.82) is 0 Å². The molecule has 1 fully saturated rings. The lowest BCUT2D eigenvalue weighted by atomic mass is 9.58. The van der Waals surface area contributed by atoms with E-state index in [9.17, 15) is 19.5 Å². The second kappa shape index (κ2) is 8.40. The molecule has 4 rings (SSSR count). The topological polar surface area (TPSA) is 71.4 Å². The second-order valence-electron chi connectivity index (χ2n) is 8.35. The molecule has 4 heteroatoms. The maximum absolute atomic E-state index is 13.6. The van der Waals surface area contributed by atoms with Gasteiger partial charge in [-0.2, -0.15) is 0 Å². The van der Waals surface area contributed by atoms with E-state index in [-0.39, 0.29) is 23.8 Å². The van der Waals surface area contributed by atoms with Gasteiger partial charge in [-0.3, -0.25) is 14.4 Å². The van der Waals surface area contributed by atoms with Gasteiger partial charge in [0.15, 0.2) is 11.6 Å². The van der Waals surface area contributed by atoms with E-state index in [2.05, 4.69) is 0 Å². The van der Waals surface area contributed by atoms with E-state index >= 15 is 0 Å². The van der Waals surface area contributed by atoms with Crippen LogP contribution < -0.4 is 0 Å². The molecule has 1 aliphatic rings. The lowest BCUT2D eigenvalue weighted by molar-refractivity contribution is -0.134. The minimum absolute atomic E-state index is 0.247. The first-order valence-corrected chi connectivity index (χ1v) is 10.4. The molecule has 31 heavy (non-hydrogen) atoms. The normalized spacial score (nSPS) is 25.7. The smallest absolute Gasteiger partial charge is 0.173 e. The monoisotopic (exact) mass is 412 g/mol. The van der Waals surface area contributed by atoms with Crippen molar-refractivity contribution in [1.82, 2.24) is 0 Å². The number of hydrogen-bond donors (Lipinski definition) is 1. The van der Waals surface area contributed by atoms with Gasteiger partial charge in [-0.15, -0.1) is 0 Å². The highest BCUT2D eigenvalue weighted by Crippen LogP contribution is 2.48. The fourth-order valence-electron chi connectivity index (χ4n) is 4.73. The highest BCUT2D eigenvalue weighted by atomic mass is 16.3. The van der Waals surface area contributed by atoms with E-state index in [4.69, 9.17) is 0 Å². The molecule has 4 atom stereocenters. The standard InChI is InChI=1S/C27H24O4/c1-27(31)17-21(28)23(25(29)19-13-7-3-8-14-19)22(18-11-5-2-6-12-18)24(27)26(30)20-15-9-4-10-16-20/h2-16,22-24,31H,17H2,1H3/t22-,23-,24+,27+/m0/s1. The van der Waals surface area contributed by atoms with Crippen molar-refractivity contribution in [2.45, 2.75) is 24.9 Å². The highest BCUT2D eigenvalue weighted by Gasteiger charge is 2.55. The van der Waals surface area contributed by atoms with Crippen molar-refractivity contribution < 1.29 is 19.5 Å². The summed E-state index contributed by atoms with van der Waals surface area (Å²) in [5, 5.41) is 11.3. The van der Waals surface area contributed by atoms with E-state index in [0.29, 0.717) is 16.7 Å². The third kappa shape index (κ3) is 3.99. The summed E-state index contributed by atoms with van der Waals surface area (Å²) in [6, 6.07) is 26.5. The van der Waals surface area contributed by atoms with Gasteiger partial charge in [0.05, 0.1) is 17.4 Å². The van der Waals surface area contributed by atoms with Gasteiger partial charge in [-0.25, -0.2) is 0 Å².